The number of carboxylic acid groups (broad SMARTS) is 1. The van der Waals surface area contributed by atoms with Gasteiger partial charge < -0.3 is 28.5 Å². The highest BCUT2D eigenvalue weighted by atomic mass is 16.7. The van der Waals surface area contributed by atoms with E-state index in [0.29, 0.717) is 17.4 Å². The number of rotatable bonds is 67. The van der Waals surface area contributed by atoms with Crippen molar-refractivity contribution >= 4 is 17.9 Å². The summed E-state index contributed by atoms with van der Waals surface area (Å²) in [4.78, 5) is 37.7. The minimum absolute atomic E-state index is 0.173. The monoisotopic (exact) mass is 1290 g/mol. The Morgan fingerprint density at radius 2 is 0.581 bits per heavy atom. The Balaban J connectivity index is 4.15. The summed E-state index contributed by atoms with van der Waals surface area (Å²) in [7, 11) is 5.96. The van der Waals surface area contributed by atoms with Gasteiger partial charge in [0.15, 0.2) is 6.10 Å². The second-order valence-electron chi connectivity index (χ2n) is 25.5. The van der Waals surface area contributed by atoms with Crippen molar-refractivity contribution in [3.8, 4) is 0 Å². The van der Waals surface area contributed by atoms with Crippen molar-refractivity contribution in [3.05, 3.63) is 170 Å². The van der Waals surface area contributed by atoms with Crippen LogP contribution in [0.5, 0.6) is 0 Å². The van der Waals surface area contributed by atoms with E-state index in [2.05, 4.69) is 184 Å². The summed E-state index contributed by atoms with van der Waals surface area (Å²) in [6, 6.07) is 0. The van der Waals surface area contributed by atoms with Gasteiger partial charge in [-0.05, 0) is 128 Å². The van der Waals surface area contributed by atoms with Crippen LogP contribution in [-0.4, -0.2) is 87.4 Å². The Labute approximate surface area is 571 Å². The largest absolute Gasteiger partial charge is 0.477 e. The summed E-state index contributed by atoms with van der Waals surface area (Å²) in [5.74, 6) is -2.06. The zero-order valence-corrected chi connectivity index (χ0v) is 60.1. The van der Waals surface area contributed by atoms with Crippen LogP contribution in [0.1, 0.15) is 284 Å². The Morgan fingerprint density at radius 3 is 0.871 bits per heavy atom. The molecule has 0 fully saturated rings. The Bertz CT molecular complexity index is 2140. The van der Waals surface area contributed by atoms with E-state index < -0.39 is 24.3 Å². The molecule has 0 saturated heterocycles. The normalized spacial score (nSPS) is 13.7. The molecule has 9 heteroatoms. The maximum Gasteiger partial charge on any atom is 0.361 e. The summed E-state index contributed by atoms with van der Waals surface area (Å²) in [5.41, 5.74) is 0. The van der Waals surface area contributed by atoms with Crippen molar-refractivity contribution in [2.75, 3.05) is 47.5 Å². The number of unbranched alkanes of at least 4 members (excludes halogenated alkanes) is 24. The molecule has 0 aliphatic heterocycles. The van der Waals surface area contributed by atoms with Crippen LogP contribution in [0.25, 0.3) is 0 Å². The van der Waals surface area contributed by atoms with Crippen molar-refractivity contribution in [2.24, 2.45) is 0 Å². The van der Waals surface area contributed by atoms with Crippen LogP contribution in [0.3, 0.4) is 0 Å². The number of nitrogens with zero attached hydrogens (tertiary/aromatic N) is 1. The van der Waals surface area contributed by atoms with Crippen LogP contribution >= 0.6 is 0 Å². The molecule has 9 nitrogen and oxygen atoms in total. The van der Waals surface area contributed by atoms with Crippen LogP contribution in [0, 0.1) is 0 Å². The van der Waals surface area contributed by atoms with Gasteiger partial charge in [-0.25, -0.2) is 4.79 Å². The highest BCUT2D eigenvalue weighted by Crippen LogP contribution is 2.17. The number of carboxylic acids is 1. The van der Waals surface area contributed by atoms with E-state index in [1.807, 2.05) is 21.1 Å². The molecule has 0 aromatic heterocycles. The molecule has 0 heterocycles. The van der Waals surface area contributed by atoms with Crippen molar-refractivity contribution in [1.82, 2.24) is 0 Å². The van der Waals surface area contributed by atoms with Crippen LogP contribution in [0.2, 0.25) is 0 Å². The molecule has 0 aromatic rings. The minimum atomic E-state index is -1.53. The molecule has 0 saturated carbocycles. The summed E-state index contributed by atoms with van der Waals surface area (Å²) in [5, 5.41) is 9.76. The second-order valence-corrected chi connectivity index (χ2v) is 25.5. The van der Waals surface area contributed by atoms with Gasteiger partial charge in [0.2, 0.25) is 0 Å². The molecule has 0 aliphatic rings. The number of aliphatic carboxylic acids is 1. The first-order valence-electron chi connectivity index (χ1n) is 37.3. The summed E-state index contributed by atoms with van der Waals surface area (Å²) < 4.78 is 23.0. The van der Waals surface area contributed by atoms with E-state index in [-0.39, 0.29) is 38.6 Å². The van der Waals surface area contributed by atoms with E-state index in [9.17, 15) is 19.5 Å². The van der Waals surface area contributed by atoms with E-state index in [4.69, 9.17) is 18.9 Å². The van der Waals surface area contributed by atoms with Crippen molar-refractivity contribution < 1.29 is 42.9 Å². The number of hydrogen-bond acceptors (Lipinski definition) is 7. The fraction of sp³-hybridized carbons (Fsp3) is 0.631. The van der Waals surface area contributed by atoms with Gasteiger partial charge in [-0.1, -0.05) is 312 Å². The highest BCUT2D eigenvalue weighted by molar-refractivity contribution is 5.71. The molecule has 526 valence electrons. The lowest BCUT2D eigenvalue weighted by Crippen LogP contribution is -2.40. The van der Waals surface area contributed by atoms with E-state index in [0.717, 1.165) is 128 Å². The zero-order valence-electron chi connectivity index (χ0n) is 60.1. The van der Waals surface area contributed by atoms with E-state index in [1.54, 1.807) is 0 Å². The third-order valence-electron chi connectivity index (χ3n) is 15.5. The minimum Gasteiger partial charge on any atom is -0.477 e. The molecule has 0 aromatic carbocycles. The smallest absolute Gasteiger partial charge is 0.361 e. The van der Waals surface area contributed by atoms with Crippen LogP contribution < -0.4 is 0 Å². The number of ether oxygens (including phenoxy) is 4. The van der Waals surface area contributed by atoms with Gasteiger partial charge in [0.1, 0.15) is 13.2 Å². The van der Waals surface area contributed by atoms with Gasteiger partial charge in [0.05, 0.1) is 34.4 Å². The predicted molar refractivity (Wildman–Crippen MR) is 400 cm³/mol. The van der Waals surface area contributed by atoms with Crippen LogP contribution in [-0.2, 0) is 33.3 Å². The second kappa shape index (κ2) is 72.5. The van der Waals surface area contributed by atoms with Gasteiger partial charge in [-0.15, -0.1) is 0 Å². The maximum absolute atomic E-state index is 12.9. The number of quaternary nitrogens is 1. The number of likely N-dealkylation sites (N-methyl/N-ethyl adjacent to an activating group) is 1. The number of carbonyl (C=O) groups is 3. The molecule has 2 unspecified atom stereocenters. The standard InChI is InChI=1S/C84H137NO8/c1-6-8-10-12-14-16-18-20-22-24-26-28-30-32-34-36-38-39-40-41-42-43-45-46-48-50-52-54-56-58-60-62-64-66-68-70-72-74-81(86)91-78-80(79-92-84(83(88)89)90-77-76-85(3,4)5)93-82(87)75-73-71-69-67-65-63-61-59-57-55-53-51-49-47-44-37-35-33-31-29-27-25-23-21-19-17-15-13-11-9-7-2/h8-11,14-17,20-23,26-29,32-35,44,47,51,53,57,59,63,65,80,84H,6-7,12-13,18-19,24-25,30-31,36-43,45-46,48-50,52,54-56,58,60-62,64,66-79H2,1-5H3/p+1/b10-8-,11-9-,16-14-,17-15-,22-20-,23-21-,28-26-,29-27-,34-32-,35-33-,47-44-,53-51-,59-57-,65-63-. The van der Waals surface area contributed by atoms with E-state index >= 15 is 0 Å². The first-order chi connectivity index (χ1) is 45.6. The third-order valence-corrected chi connectivity index (χ3v) is 15.5. The zero-order chi connectivity index (χ0) is 67.5. The van der Waals surface area contributed by atoms with Crippen LogP contribution in [0.4, 0.5) is 0 Å². The fourth-order valence-corrected chi connectivity index (χ4v) is 9.86. The van der Waals surface area contributed by atoms with Gasteiger partial charge >= 0.3 is 17.9 Å². The van der Waals surface area contributed by atoms with Gasteiger partial charge in [-0.2, -0.15) is 0 Å². The lowest BCUT2D eigenvalue weighted by molar-refractivity contribution is -0.870. The summed E-state index contributed by atoms with van der Waals surface area (Å²) in [6.45, 7) is 4.61. The van der Waals surface area contributed by atoms with Gasteiger partial charge in [0.25, 0.3) is 6.29 Å². The lowest BCUT2D eigenvalue weighted by Gasteiger charge is -2.25. The average molecular weight is 1290 g/mol. The number of esters is 2. The Kier molecular flexibility index (Phi) is 68.3. The molecule has 93 heavy (non-hydrogen) atoms. The molecular formula is C84H138NO8+. The first-order valence-corrected chi connectivity index (χ1v) is 37.3. The van der Waals surface area contributed by atoms with Crippen LogP contribution in [0.15, 0.2) is 170 Å². The topological polar surface area (TPSA) is 108 Å². The molecule has 0 amide bonds. The van der Waals surface area contributed by atoms with Gasteiger partial charge in [0, 0.05) is 12.8 Å². The highest BCUT2D eigenvalue weighted by Gasteiger charge is 2.25. The molecule has 0 rings (SSSR count). The molecule has 0 aliphatic carbocycles. The SMILES string of the molecule is CC/C=C\C/C=C\C/C=C\C/C=C\C/C=C\C/C=C\C/C=C\C/C=C\C/C=C\CCCCCC(=O)OC(COC(=O)CCCCCCCCCCCCCCCCCCCCCCC/C=C\C/C=C\C/C=C\C/C=C\C/C=C\CC)COC(OCC[N+](C)(C)C)C(=O)O. The molecule has 0 spiro atoms. The quantitative estimate of drug-likeness (QED) is 0.0211. The summed E-state index contributed by atoms with van der Waals surface area (Å²) in [6.07, 6.45) is 106. The Morgan fingerprint density at radius 1 is 0.323 bits per heavy atom. The predicted octanol–water partition coefficient (Wildman–Crippen LogP) is 23.8. The molecule has 0 radical (unpaired) electrons. The molecule has 1 N–H and O–H groups in total. The Hall–Kier alpha value is -5.35. The first kappa shape index (κ1) is 87.7. The molecule has 0 bridgehead atoms. The number of carbonyl (C=O) groups excluding carboxylic acids is 2. The third kappa shape index (κ3) is 73.9. The van der Waals surface area contributed by atoms with Gasteiger partial charge in [-0.3, -0.25) is 9.59 Å². The van der Waals surface area contributed by atoms with Crippen molar-refractivity contribution in [1.29, 1.82) is 0 Å². The average Bonchev–Trinajstić information content (AvgIpc) is 3.38. The van der Waals surface area contributed by atoms with E-state index in [1.165, 1.54) is 122 Å². The maximum atomic E-state index is 12.9. The lowest BCUT2D eigenvalue weighted by atomic mass is 10.0. The van der Waals surface area contributed by atoms with Crippen molar-refractivity contribution in [2.45, 2.75) is 296 Å². The summed E-state index contributed by atoms with van der Waals surface area (Å²) >= 11 is 0. The van der Waals surface area contributed by atoms with Crippen molar-refractivity contribution in [3.63, 3.8) is 0 Å². The molecular weight excluding hydrogens is 1150 g/mol. The number of hydrogen-bond donors (Lipinski definition) is 1. The number of allylic oxidation sites excluding steroid dienone is 28. The molecule has 2 atom stereocenters. The fourth-order valence-electron chi connectivity index (χ4n) is 9.86.